The Morgan fingerprint density at radius 2 is 2.24 bits per heavy atom. The van der Waals surface area contributed by atoms with Crippen LogP contribution in [0.25, 0.3) is 0 Å². The molecule has 0 aromatic carbocycles. The van der Waals surface area contributed by atoms with Gasteiger partial charge in [-0.05, 0) is 6.42 Å². The van der Waals surface area contributed by atoms with E-state index in [1.165, 1.54) is 17.3 Å². The smallest absolute Gasteiger partial charge is 0.274 e. The fourth-order valence-electron chi connectivity index (χ4n) is 1.59. The van der Waals surface area contributed by atoms with Gasteiger partial charge in [-0.15, -0.1) is 0 Å². The molecule has 90 valence electrons. The molecule has 1 aliphatic rings. The van der Waals surface area contributed by atoms with Crippen molar-refractivity contribution < 1.29 is 9.59 Å². The summed E-state index contributed by atoms with van der Waals surface area (Å²) in [5, 5.41) is 2.70. The maximum absolute atomic E-state index is 12.0. The number of nitrogens with one attached hydrogen (secondary N) is 1. The van der Waals surface area contributed by atoms with Gasteiger partial charge >= 0.3 is 0 Å². The molecule has 17 heavy (non-hydrogen) atoms. The highest BCUT2D eigenvalue weighted by Gasteiger charge is 2.21. The molecule has 0 saturated carbocycles. The Balaban J connectivity index is 2.13. The number of nitrogens with two attached hydrogens (primary N) is 1. The lowest BCUT2D eigenvalue weighted by Gasteiger charge is -2.17. The van der Waals surface area contributed by atoms with Crippen LogP contribution in [0.5, 0.6) is 0 Å². The first-order chi connectivity index (χ1) is 8.16. The van der Waals surface area contributed by atoms with E-state index in [4.69, 9.17) is 5.73 Å². The van der Waals surface area contributed by atoms with Gasteiger partial charge in [-0.3, -0.25) is 9.59 Å². The zero-order valence-electron chi connectivity index (χ0n) is 9.22. The number of carbonyl (C=O) groups excluding carboxylic acids is 2. The number of rotatable bonds is 1. The van der Waals surface area contributed by atoms with Crippen molar-refractivity contribution in [3.63, 3.8) is 0 Å². The first kappa shape index (κ1) is 11.3. The summed E-state index contributed by atoms with van der Waals surface area (Å²) in [4.78, 5) is 32.5. The van der Waals surface area contributed by atoms with E-state index in [1.54, 1.807) is 0 Å². The zero-order chi connectivity index (χ0) is 12.3. The van der Waals surface area contributed by atoms with Crippen LogP contribution in [0, 0.1) is 0 Å². The number of nitrogens with zero attached hydrogens (tertiary/aromatic N) is 3. The predicted octanol–water partition coefficient (Wildman–Crippen LogP) is -0.979. The van der Waals surface area contributed by atoms with E-state index in [0.29, 0.717) is 13.1 Å². The standard InChI is InChI=1S/C10H13N5O2/c11-8-5-13-7(4-14-8)10(17)15-3-1-2-12-9(16)6-15/h4-5H,1-3,6H2,(H2,11,14)(H,12,16). The quantitative estimate of drug-likeness (QED) is 0.651. The number of aromatic nitrogens is 2. The Morgan fingerprint density at radius 1 is 1.41 bits per heavy atom. The number of hydrogen-bond donors (Lipinski definition) is 2. The molecular formula is C10H13N5O2. The summed E-state index contributed by atoms with van der Waals surface area (Å²) in [5.74, 6) is -0.191. The maximum atomic E-state index is 12.0. The average Bonchev–Trinajstić information content (AvgIpc) is 2.54. The summed E-state index contributed by atoms with van der Waals surface area (Å²) >= 11 is 0. The van der Waals surface area contributed by atoms with E-state index in [2.05, 4.69) is 15.3 Å². The minimum atomic E-state index is -0.297. The molecule has 0 radical (unpaired) electrons. The van der Waals surface area contributed by atoms with Crippen molar-refractivity contribution in [3.8, 4) is 0 Å². The van der Waals surface area contributed by atoms with Crippen LogP contribution in [0.4, 0.5) is 5.82 Å². The van der Waals surface area contributed by atoms with Crippen LogP contribution in [-0.2, 0) is 4.79 Å². The minimum absolute atomic E-state index is 0.0604. The molecule has 2 rings (SSSR count). The summed E-state index contributed by atoms with van der Waals surface area (Å²) in [6.07, 6.45) is 3.38. The summed E-state index contributed by atoms with van der Waals surface area (Å²) < 4.78 is 0. The highest BCUT2D eigenvalue weighted by Crippen LogP contribution is 2.04. The Morgan fingerprint density at radius 3 is 2.94 bits per heavy atom. The molecule has 0 unspecified atom stereocenters. The van der Waals surface area contributed by atoms with Gasteiger partial charge in [0.1, 0.15) is 11.5 Å². The largest absolute Gasteiger partial charge is 0.382 e. The number of anilines is 1. The molecule has 0 bridgehead atoms. The van der Waals surface area contributed by atoms with Gasteiger partial charge in [0.2, 0.25) is 5.91 Å². The third-order valence-corrected chi connectivity index (χ3v) is 2.44. The van der Waals surface area contributed by atoms with Crippen LogP contribution in [0.3, 0.4) is 0 Å². The molecule has 1 aliphatic heterocycles. The van der Waals surface area contributed by atoms with E-state index in [0.717, 1.165) is 6.42 Å². The van der Waals surface area contributed by atoms with E-state index >= 15 is 0 Å². The lowest BCUT2D eigenvalue weighted by Crippen LogP contribution is -2.37. The van der Waals surface area contributed by atoms with Crippen LogP contribution in [0.2, 0.25) is 0 Å². The van der Waals surface area contributed by atoms with Gasteiger partial charge < -0.3 is 16.0 Å². The molecule has 0 atom stereocenters. The molecular weight excluding hydrogens is 222 g/mol. The van der Waals surface area contributed by atoms with Crippen molar-refractivity contribution in [1.82, 2.24) is 20.2 Å². The second kappa shape index (κ2) is 4.77. The number of nitrogen functional groups attached to an aromatic ring is 1. The fraction of sp³-hybridized carbons (Fsp3) is 0.400. The molecule has 7 heteroatoms. The first-order valence-corrected chi connectivity index (χ1v) is 5.30. The Labute approximate surface area is 98.0 Å². The summed E-state index contributed by atoms with van der Waals surface area (Å²) in [5.41, 5.74) is 5.59. The molecule has 3 N–H and O–H groups in total. The van der Waals surface area contributed by atoms with Crippen LogP contribution >= 0.6 is 0 Å². The van der Waals surface area contributed by atoms with Crippen LogP contribution < -0.4 is 11.1 Å². The van der Waals surface area contributed by atoms with Gasteiger partial charge in [-0.1, -0.05) is 0 Å². The van der Waals surface area contributed by atoms with Gasteiger partial charge in [0.15, 0.2) is 0 Å². The van der Waals surface area contributed by atoms with E-state index in [1.807, 2.05) is 0 Å². The lowest BCUT2D eigenvalue weighted by atomic mass is 10.3. The van der Waals surface area contributed by atoms with Crippen molar-refractivity contribution in [2.24, 2.45) is 0 Å². The predicted molar refractivity (Wildman–Crippen MR) is 60.0 cm³/mol. The highest BCUT2D eigenvalue weighted by atomic mass is 16.2. The van der Waals surface area contributed by atoms with Crippen molar-refractivity contribution in [2.45, 2.75) is 6.42 Å². The monoisotopic (exact) mass is 235 g/mol. The molecule has 0 spiro atoms. The molecule has 1 saturated heterocycles. The first-order valence-electron chi connectivity index (χ1n) is 5.30. The van der Waals surface area contributed by atoms with Gasteiger partial charge in [0.05, 0.1) is 18.9 Å². The van der Waals surface area contributed by atoms with E-state index in [-0.39, 0.29) is 29.9 Å². The minimum Gasteiger partial charge on any atom is -0.382 e. The lowest BCUT2D eigenvalue weighted by molar-refractivity contribution is -0.121. The normalized spacial score (nSPS) is 16.2. The fourth-order valence-corrected chi connectivity index (χ4v) is 1.59. The SMILES string of the molecule is Nc1cnc(C(=O)N2CCCNC(=O)C2)cn1. The molecule has 2 amide bonds. The Hall–Kier alpha value is -2.18. The molecule has 2 heterocycles. The average molecular weight is 235 g/mol. The molecule has 1 fully saturated rings. The van der Waals surface area contributed by atoms with Gasteiger partial charge in [-0.2, -0.15) is 0 Å². The Bertz CT molecular complexity index is 431. The summed E-state index contributed by atoms with van der Waals surface area (Å²) in [7, 11) is 0. The molecule has 1 aromatic heterocycles. The van der Waals surface area contributed by atoms with E-state index in [9.17, 15) is 9.59 Å². The van der Waals surface area contributed by atoms with Gasteiger partial charge in [-0.25, -0.2) is 9.97 Å². The summed E-state index contributed by atoms with van der Waals surface area (Å²) in [6, 6.07) is 0. The van der Waals surface area contributed by atoms with Crippen LogP contribution in [0.1, 0.15) is 16.9 Å². The summed E-state index contributed by atoms with van der Waals surface area (Å²) in [6.45, 7) is 1.19. The van der Waals surface area contributed by atoms with Crippen molar-refractivity contribution in [1.29, 1.82) is 0 Å². The topological polar surface area (TPSA) is 101 Å². The van der Waals surface area contributed by atoms with Crippen LogP contribution in [0.15, 0.2) is 12.4 Å². The van der Waals surface area contributed by atoms with Crippen molar-refractivity contribution >= 4 is 17.6 Å². The third kappa shape index (κ3) is 2.68. The number of amides is 2. The highest BCUT2D eigenvalue weighted by molar-refractivity contribution is 5.94. The Kier molecular flexibility index (Phi) is 3.17. The molecule has 0 aliphatic carbocycles. The second-order valence-corrected chi connectivity index (χ2v) is 3.76. The van der Waals surface area contributed by atoms with Crippen molar-refractivity contribution in [3.05, 3.63) is 18.1 Å². The van der Waals surface area contributed by atoms with Crippen LogP contribution in [-0.4, -0.2) is 46.3 Å². The van der Waals surface area contributed by atoms with E-state index < -0.39 is 0 Å². The third-order valence-electron chi connectivity index (χ3n) is 2.44. The second-order valence-electron chi connectivity index (χ2n) is 3.76. The molecule has 1 aromatic rings. The van der Waals surface area contributed by atoms with Crippen molar-refractivity contribution in [2.75, 3.05) is 25.4 Å². The number of hydrogen-bond acceptors (Lipinski definition) is 5. The number of carbonyl (C=O) groups is 2. The van der Waals surface area contributed by atoms with Gasteiger partial charge in [0, 0.05) is 13.1 Å². The molecule has 7 nitrogen and oxygen atoms in total. The van der Waals surface area contributed by atoms with Gasteiger partial charge in [0.25, 0.3) is 5.91 Å². The maximum Gasteiger partial charge on any atom is 0.274 e. The zero-order valence-corrected chi connectivity index (χ0v) is 9.22.